The van der Waals surface area contributed by atoms with Crippen molar-refractivity contribution in [3.05, 3.63) is 16.1 Å². The summed E-state index contributed by atoms with van der Waals surface area (Å²) in [5.74, 6) is 0. The summed E-state index contributed by atoms with van der Waals surface area (Å²) >= 11 is 1.79. The molecule has 1 saturated heterocycles. The number of nitrogens with zero attached hydrogens (tertiary/aromatic N) is 2. The maximum absolute atomic E-state index is 4.28. The normalized spacial score (nSPS) is 23.2. The van der Waals surface area contributed by atoms with Gasteiger partial charge >= 0.3 is 0 Å². The van der Waals surface area contributed by atoms with Crippen molar-refractivity contribution in [2.75, 3.05) is 26.2 Å². The van der Waals surface area contributed by atoms with Gasteiger partial charge in [-0.05, 0) is 20.3 Å². The molecule has 1 N–H and O–H groups in total. The van der Waals surface area contributed by atoms with Gasteiger partial charge in [0.2, 0.25) is 0 Å². The smallest absolute Gasteiger partial charge is 0.0797 e. The summed E-state index contributed by atoms with van der Waals surface area (Å²) in [5.41, 5.74) is 3.16. The molecule has 1 aromatic heterocycles. The maximum Gasteiger partial charge on any atom is 0.0797 e. The zero-order valence-electron chi connectivity index (χ0n) is 9.49. The van der Waals surface area contributed by atoms with Gasteiger partial charge < -0.3 is 10.2 Å². The van der Waals surface area contributed by atoms with E-state index >= 15 is 0 Å². The van der Waals surface area contributed by atoms with Crippen molar-refractivity contribution in [3.8, 4) is 0 Å². The second kappa shape index (κ2) is 5.05. The van der Waals surface area contributed by atoms with Crippen LogP contribution in [0.4, 0.5) is 0 Å². The molecule has 1 atom stereocenters. The van der Waals surface area contributed by atoms with Crippen LogP contribution < -0.4 is 5.32 Å². The summed E-state index contributed by atoms with van der Waals surface area (Å²) in [7, 11) is 0. The summed E-state index contributed by atoms with van der Waals surface area (Å²) in [4.78, 5) is 8.27. The summed E-state index contributed by atoms with van der Waals surface area (Å²) in [5, 5.41) is 3.47. The SMILES string of the molecule is Cc1ncsc1CCN1CCN[C@@H](C)C1. The van der Waals surface area contributed by atoms with E-state index in [1.165, 1.54) is 30.2 Å². The molecule has 0 unspecified atom stereocenters. The Morgan fingerprint density at radius 3 is 3.20 bits per heavy atom. The predicted molar refractivity (Wildman–Crippen MR) is 64.5 cm³/mol. The van der Waals surface area contributed by atoms with Gasteiger partial charge in [-0.15, -0.1) is 11.3 Å². The lowest BCUT2D eigenvalue weighted by atomic mass is 10.2. The summed E-state index contributed by atoms with van der Waals surface area (Å²) in [6.45, 7) is 9.02. The van der Waals surface area contributed by atoms with Gasteiger partial charge in [0.25, 0.3) is 0 Å². The van der Waals surface area contributed by atoms with E-state index in [4.69, 9.17) is 0 Å². The maximum atomic E-state index is 4.28. The molecule has 0 spiro atoms. The number of piperazine rings is 1. The van der Waals surface area contributed by atoms with E-state index in [1.54, 1.807) is 11.3 Å². The highest BCUT2D eigenvalue weighted by molar-refractivity contribution is 7.09. The van der Waals surface area contributed by atoms with Gasteiger partial charge in [-0.25, -0.2) is 4.98 Å². The highest BCUT2D eigenvalue weighted by Crippen LogP contribution is 2.13. The molecule has 0 amide bonds. The van der Waals surface area contributed by atoms with Crippen molar-refractivity contribution in [1.29, 1.82) is 0 Å². The summed E-state index contributed by atoms with van der Waals surface area (Å²) < 4.78 is 0. The van der Waals surface area contributed by atoms with Crippen molar-refractivity contribution in [3.63, 3.8) is 0 Å². The van der Waals surface area contributed by atoms with Crippen LogP contribution in [0, 0.1) is 6.92 Å². The molecular formula is C11H19N3S. The molecular weight excluding hydrogens is 206 g/mol. The van der Waals surface area contributed by atoms with Crippen molar-refractivity contribution >= 4 is 11.3 Å². The van der Waals surface area contributed by atoms with Crippen molar-refractivity contribution in [2.45, 2.75) is 26.3 Å². The molecule has 84 valence electrons. The lowest BCUT2D eigenvalue weighted by Gasteiger charge is -2.31. The minimum absolute atomic E-state index is 0.640. The fourth-order valence-electron chi connectivity index (χ4n) is 2.04. The molecule has 15 heavy (non-hydrogen) atoms. The average molecular weight is 225 g/mol. The summed E-state index contributed by atoms with van der Waals surface area (Å²) in [6.07, 6.45) is 1.16. The molecule has 2 heterocycles. The van der Waals surface area contributed by atoms with Gasteiger partial charge in [0.1, 0.15) is 0 Å². The number of rotatable bonds is 3. The zero-order valence-corrected chi connectivity index (χ0v) is 10.3. The third-order valence-corrected chi connectivity index (χ3v) is 3.95. The van der Waals surface area contributed by atoms with Crippen LogP contribution in [0.3, 0.4) is 0 Å². The minimum atomic E-state index is 0.640. The topological polar surface area (TPSA) is 28.2 Å². The number of hydrogen-bond donors (Lipinski definition) is 1. The Morgan fingerprint density at radius 1 is 1.67 bits per heavy atom. The molecule has 2 rings (SSSR count). The van der Waals surface area contributed by atoms with Gasteiger partial charge in [-0.2, -0.15) is 0 Å². The molecule has 1 fully saturated rings. The fourth-order valence-corrected chi connectivity index (χ4v) is 2.81. The Bertz CT molecular complexity index is 311. The molecule has 3 nitrogen and oxygen atoms in total. The van der Waals surface area contributed by atoms with Gasteiger partial charge in [-0.1, -0.05) is 0 Å². The van der Waals surface area contributed by atoms with Crippen molar-refractivity contribution < 1.29 is 0 Å². The molecule has 0 saturated carbocycles. The highest BCUT2D eigenvalue weighted by atomic mass is 32.1. The van der Waals surface area contributed by atoms with Crippen LogP contribution in [0.5, 0.6) is 0 Å². The molecule has 1 aliphatic heterocycles. The lowest BCUT2D eigenvalue weighted by molar-refractivity contribution is 0.209. The minimum Gasteiger partial charge on any atom is -0.312 e. The first kappa shape index (κ1) is 11.0. The van der Waals surface area contributed by atoms with Gasteiger partial charge in [0.15, 0.2) is 0 Å². The number of aromatic nitrogens is 1. The summed E-state index contributed by atoms with van der Waals surface area (Å²) in [6, 6.07) is 0.640. The first-order chi connectivity index (χ1) is 7.25. The Hall–Kier alpha value is -0.450. The van der Waals surface area contributed by atoms with Crippen LogP contribution in [-0.2, 0) is 6.42 Å². The Balaban J connectivity index is 1.80. The van der Waals surface area contributed by atoms with E-state index in [-0.39, 0.29) is 0 Å². The van der Waals surface area contributed by atoms with Crippen LogP contribution in [-0.4, -0.2) is 42.1 Å². The van der Waals surface area contributed by atoms with Gasteiger partial charge in [0.05, 0.1) is 11.2 Å². The highest BCUT2D eigenvalue weighted by Gasteiger charge is 2.15. The van der Waals surface area contributed by atoms with E-state index in [1.807, 2.05) is 5.51 Å². The van der Waals surface area contributed by atoms with E-state index in [9.17, 15) is 0 Å². The van der Waals surface area contributed by atoms with Crippen LogP contribution in [0.15, 0.2) is 5.51 Å². The number of thiazole rings is 1. The fraction of sp³-hybridized carbons (Fsp3) is 0.727. The lowest BCUT2D eigenvalue weighted by Crippen LogP contribution is -2.49. The number of aryl methyl sites for hydroxylation is 1. The molecule has 1 aliphatic rings. The van der Waals surface area contributed by atoms with Crippen LogP contribution in [0.25, 0.3) is 0 Å². The van der Waals surface area contributed by atoms with Crippen molar-refractivity contribution in [2.24, 2.45) is 0 Å². The van der Waals surface area contributed by atoms with E-state index in [0.29, 0.717) is 6.04 Å². The Kier molecular flexibility index (Phi) is 3.72. The Morgan fingerprint density at radius 2 is 2.53 bits per heavy atom. The number of hydrogen-bond acceptors (Lipinski definition) is 4. The van der Waals surface area contributed by atoms with Crippen molar-refractivity contribution in [1.82, 2.24) is 15.2 Å². The van der Waals surface area contributed by atoms with E-state index in [0.717, 1.165) is 13.0 Å². The quantitative estimate of drug-likeness (QED) is 0.840. The first-order valence-corrected chi connectivity index (χ1v) is 6.48. The van der Waals surface area contributed by atoms with Gasteiger partial charge in [-0.3, -0.25) is 0 Å². The third-order valence-electron chi connectivity index (χ3n) is 2.95. The number of nitrogens with one attached hydrogen (secondary N) is 1. The molecule has 4 heteroatoms. The first-order valence-electron chi connectivity index (χ1n) is 5.60. The molecule has 0 aromatic carbocycles. The van der Waals surface area contributed by atoms with Gasteiger partial charge in [0, 0.05) is 37.1 Å². The van der Waals surface area contributed by atoms with E-state index < -0.39 is 0 Å². The molecule has 0 radical (unpaired) electrons. The molecule has 1 aromatic rings. The zero-order chi connectivity index (χ0) is 10.7. The predicted octanol–water partition coefficient (Wildman–Crippen LogP) is 1.29. The second-order valence-corrected chi connectivity index (χ2v) is 5.21. The monoisotopic (exact) mass is 225 g/mol. The largest absolute Gasteiger partial charge is 0.312 e. The third kappa shape index (κ3) is 3.00. The van der Waals surface area contributed by atoms with Crippen LogP contribution in [0.1, 0.15) is 17.5 Å². The van der Waals surface area contributed by atoms with E-state index in [2.05, 4.69) is 29.0 Å². The Labute approximate surface area is 95.5 Å². The molecule has 0 bridgehead atoms. The molecule has 0 aliphatic carbocycles. The standard InChI is InChI=1S/C11H19N3S/c1-9-7-14(6-4-12-9)5-3-11-10(2)13-8-15-11/h8-9,12H,3-7H2,1-2H3/t9-/m0/s1. The van der Waals surface area contributed by atoms with Crippen LogP contribution in [0.2, 0.25) is 0 Å². The second-order valence-electron chi connectivity index (χ2n) is 4.27. The van der Waals surface area contributed by atoms with Crippen LogP contribution >= 0.6 is 11.3 Å². The average Bonchev–Trinajstić information content (AvgIpc) is 2.61.